The zero-order valence-electron chi connectivity index (χ0n) is 34.4. The number of anilines is 3. The van der Waals surface area contributed by atoms with Gasteiger partial charge in [-0.05, 0) is 103 Å². The molecular weight excluding hydrogens is 763 g/mol. The molecule has 0 amide bonds. The fourth-order valence-electron chi connectivity index (χ4n) is 11.0. The first-order valence-corrected chi connectivity index (χ1v) is 21.8. The molecule has 0 saturated heterocycles. The standard InChI is InChI=1S/C61H39NO/c1-2-19-40(20-3-1)42-21-11-16-34-57(42)62(58-35-18-30-51-46-25-7-6-24-45(46)50-29-12-17-36-59(50)63-60(51)58)41-37-38-56-52(39-41)49-28-10-15-33-55(49)61(56)53-31-13-8-26-47(53)43-22-4-5-23-44(43)48-27-9-14-32-54(48)61/h1-39H. The lowest BCUT2D eigenvalue weighted by molar-refractivity contribution is 0.489. The van der Waals surface area contributed by atoms with Crippen LogP contribution in [0.5, 0.6) is 11.5 Å². The molecular formula is C61H39NO. The van der Waals surface area contributed by atoms with Gasteiger partial charge in [0.2, 0.25) is 0 Å². The first-order valence-electron chi connectivity index (χ1n) is 21.8. The van der Waals surface area contributed by atoms with Crippen LogP contribution in [-0.4, -0.2) is 0 Å². The molecule has 2 nitrogen and oxygen atoms in total. The molecule has 1 aliphatic heterocycles. The molecule has 0 N–H and O–H groups in total. The van der Waals surface area contributed by atoms with Gasteiger partial charge >= 0.3 is 0 Å². The SMILES string of the molecule is c1ccc(-c2ccccc2N(c2ccc3c(c2)-c2ccccc2C32c3ccccc3-c3ccccc3-c3ccccc32)c2cccc3c2Oc2ccccc2-c2ccccc2-3)cc1. The van der Waals surface area contributed by atoms with Crippen LogP contribution >= 0.6 is 0 Å². The summed E-state index contributed by atoms with van der Waals surface area (Å²) in [5.41, 5.74) is 21.9. The van der Waals surface area contributed by atoms with E-state index in [1.54, 1.807) is 0 Å². The lowest BCUT2D eigenvalue weighted by Gasteiger charge is -2.35. The number of ether oxygens (including phenoxy) is 1. The molecule has 13 rings (SSSR count). The molecule has 2 heteroatoms. The quantitative estimate of drug-likeness (QED) is 0.176. The van der Waals surface area contributed by atoms with Gasteiger partial charge in [0.05, 0.1) is 16.8 Å². The third kappa shape index (κ3) is 5.13. The third-order valence-electron chi connectivity index (χ3n) is 13.5. The molecule has 10 aromatic rings. The number of hydrogen-bond acceptors (Lipinski definition) is 2. The normalized spacial score (nSPS) is 13.0. The Morgan fingerprint density at radius 1 is 0.286 bits per heavy atom. The van der Waals surface area contributed by atoms with Crippen LogP contribution in [0.2, 0.25) is 0 Å². The van der Waals surface area contributed by atoms with Crippen LogP contribution < -0.4 is 9.64 Å². The molecule has 0 atom stereocenters. The van der Waals surface area contributed by atoms with Gasteiger partial charge in [-0.3, -0.25) is 0 Å². The number of rotatable bonds is 4. The summed E-state index contributed by atoms with van der Waals surface area (Å²) in [6.45, 7) is 0. The highest BCUT2D eigenvalue weighted by Crippen LogP contribution is 2.62. The molecule has 0 aromatic heterocycles. The van der Waals surface area contributed by atoms with Gasteiger partial charge in [0.15, 0.2) is 5.75 Å². The van der Waals surface area contributed by atoms with Crippen LogP contribution in [0.15, 0.2) is 237 Å². The second-order valence-electron chi connectivity index (χ2n) is 16.7. The average Bonchev–Trinajstić information content (AvgIpc) is 3.48. The predicted octanol–water partition coefficient (Wildman–Crippen LogP) is 16.3. The molecule has 0 radical (unpaired) electrons. The first kappa shape index (κ1) is 35.5. The van der Waals surface area contributed by atoms with Gasteiger partial charge < -0.3 is 9.64 Å². The molecule has 10 aromatic carbocycles. The van der Waals surface area contributed by atoms with Crippen molar-refractivity contribution in [2.24, 2.45) is 0 Å². The number of nitrogens with zero attached hydrogens (tertiary/aromatic N) is 1. The summed E-state index contributed by atoms with van der Waals surface area (Å²) in [4.78, 5) is 2.43. The van der Waals surface area contributed by atoms with Crippen molar-refractivity contribution in [2.45, 2.75) is 5.41 Å². The van der Waals surface area contributed by atoms with Crippen LogP contribution in [0.1, 0.15) is 22.3 Å². The van der Waals surface area contributed by atoms with Crippen molar-refractivity contribution >= 4 is 17.1 Å². The lowest BCUT2D eigenvalue weighted by Crippen LogP contribution is -2.29. The van der Waals surface area contributed by atoms with Crippen molar-refractivity contribution in [1.82, 2.24) is 0 Å². The Morgan fingerprint density at radius 3 is 1.35 bits per heavy atom. The highest BCUT2D eigenvalue weighted by molar-refractivity contribution is 6.01. The van der Waals surface area contributed by atoms with Crippen molar-refractivity contribution in [2.75, 3.05) is 4.90 Å². The highest BCUT2D eigenvalue weighted by atomic mass is 16.5. The molecule has 0 fully saturated rings. The summed E-state index contributed by atoms with van der Waals surface area (Å²) in [6.07, 6.45) is 0. The van der Waals surface area contributed by atoms with Crippen LogP contribution in [0.3, 0.4) is 0 Å². The maximum absolute atomic E-state index is 7.21. The second-order valence-corrected chi connectivity index (χ2v) is 16.7. The maximum Gasteiger partial charge on any atom is 0.159 e. The molecule has 1 spiro atoms. The van der Waals surface area contributed by atoms with E-state index < -0.39 is 5.41 Å². The molecule has 2 aliphatic carbocycles. The lowest BCUT2D eigenvalue weighted by atomic mass is 9.66. The second kappa shape index (κ2) is 13.9. The minimum absolute atomic E-state index is 0.566. The van der Waals surface area contributed by atoms with E-state index >= 15 is 0 Å². The van der Waals surface area contributed by atoms with E-state index in [0.717, 1.165) is 61.9 Å². The monoisotopic (exact) mass is 801 g/mol. The number of para-hydroxylation sites is 3. The van der Waals surface area contributed by atoms with Gasteiger partial charge in [0.1, 0.15) is 5.75 Å². The number of benzene rings is 10. The average molecular weight is 802 g/mol. The summed E-state index contributed by atoms with van der Waals surface area (Å²) >= 11 is 0. The number of fused-ring (bicyclic) bond motifs is 17. The molecule has 0 unspecified atom stereocenters. The van der Waals surface area contributed by atoms with E-state index in [4.69, 9.17) is 4.74 Å². The van der Waals surface area contributed by atoms with E-state index in [-0.39, 0.29) is 0 Å². The van der Waals surface area contributed by atoms with E-state index in [9.17, 15) is 0 Å². The van der Waals surface area contributed by atoms with Crippen LogP contribution in [0.4, 0.5) is 17.1 Å². The molecule has 294 valence electrons. The minimum Gasteiger partial charge on any atom is -0.454 e. The Kier molecular flexibility index (Phi) is 7.85. The molecule has 3 aliphatic rings. The van der Waals surface area contributed by atoms with Crippen molar-refractivity contribution in [3.63, 3.8) is 0 Å². The number of hydrogen-bond donors (Lipinski definition) is 0. The van der Waals surface area contributed by atoms with E-state index in [0.29, 0.717) is 0 Å². The largest absolute Gasteiger partial charge is 0.454 e. The topological polar surface area (TPSA) is 12.5 Å². The van der Waals surface area contributed by atoms with Crippen molar-refractivity contribution < 1.29 is 4.74 Å². The van der Waals surface area contributed by atoms with E-state index in [1.807, 2.05) is 0 Å². The van der Waals surface area contributed by atoms with Gasteiger partial charge in [0, 0.05) is 22.4 Å². The van der Waals surface area contributed by atoms with Crippen molar-refractivity contribution in [3.05, 3.63) is 259 Å². The van der Waals surface area contributed by atoms with Gasteiger partial charge in [0.25, 0.3) is 0 Å². The molecule has 0 bridgehead atoms. The summed E-state index contributed by atoms with van der Waals surface area (Å²) in [5, 5.41) is 0. The fraction of sp³-hybridized carbons (Fsp3) is 0.0164. The Bertz CT molecular complexity index is 3390. The molecule has 0 saturated carbocycles. The Morgan fingerprint density at radius 2 is 0.714 bits per heavy atom. The first-order chi connectivity index (χ1) is 31.3. The van der Waals surface area contributed by atoms with Gasteiger partial charge in [-0.15, -0.1) is 0 Å². The zero-order chi connectivity index (χ0) is 41.5. The van der Waals surface area contributed by atoms with E-state index in [1.165, 1.54) is 55.6 Å². The fourth-order valence-corrected chi connectivity index (χ4v) is 11.0. The van der Waals surface area contributed by atoms with Gasteiger partial charge in [-0.25, -0.2) is 0 Å². The van der Waals surface area contributed by atoms with Gasteiger partial charge in [-0.1, -0.05) is 206 Å². The molecule has 63 heavy (non-hydrogen) atoms. The smallest absolute Gasteiger partial charge is 0.159 e. The van der Waals surface area contributed by atoms with Crippen molar-refractivity contribution in [1.29, 1.82) is 0 Å². The van der Waals surface area contributed by atoms with Crippen LogP contribution in [0.25, 0.3) is 66.8 Å². The highest BCUT2D eigenvalue weighted by Gasteiger charge is 2.49. The third-order valence-corrected chi connectivity index (χ3v) is 13.5. The van der Waals surface area contributed by atoms with Crippen LogP contribution in [0, 0.1) is 0 Å². The maximum atomic E-state index is 7.21. The Hall–Kier alpha value is -8.20. The van der Waals surface area contributed by atoms with Crippen molar-refractivity contribution in [3.8, 4) is 78.3 Å². The summed E-state index contributed by atoms with van der Waals surface area (Å²) in [6, 6.07) is 86.6. The molecule has 1 heterocycles. The van der Waals surface area contributed by atoms with Crippen LogP contribution in [-0.2, 0) is 5.41 Å². The van der Waals surface area contributed by atoms with E-state index in [2.05, 4.69) is 241 Å². The minimum atomic E-state index is -0.566. The Labute approximate surface area is 367 Å². The predicted molar refractivity (Wildman–Crippen MR) is 259 cm³/mol. The summed E-state index contributed by atoms with van der Waals surface area (Å²) in [7, 11) is 0. The summed E-state index contributed by atoms with van der Waals surface area (Å²) in [5.74, 6) is 1.66. The Balaban J connectivity index is 1.11. The zero-order valence-corrected chi connectivity index (χ0v) is 34.4. The summed E-state index contributed by atoms with van der Waals surface area (Å²) < 4.78 is 7.21. The van der Waals surface area contributed by atoms with Gasteiger partial charge in [-0.2, -0.15) is 0 Å².